The lowest BCUT2D eigenvalue weighted by atomic mass is 10.4. The summed E-state index contributed by atoms with van der Waals surface area (Å²) < 4.78 is 4.82. The van der Waals surface area contributed by atoms with Crippen LogP contribution in [0.4, 0.5) is 0 Å². The van der Waals surface area contributed by atoms with Crippen molar-refractivity contribution in [2.45, 2.75) is 6.54 Å². The fraction of sp³-hybridized carbons (Fsp3) is 0.455. The molecule has 2 N–H and O–H groups in total. The number of methoxy groups -OCH3 is 1. The van der Waals surface area contributed by atoms with Gasteiger partial charge in [-0.3, -0.25) is 4.79 Å². The Hall–Kier alpha value is -1.42. The quantitative estimate of drug-likeness (QED) is 0.693. The second-order valence-corrected chi connectivity index (χ2v) is 4.49. The highest BCUT2D eigenvalue weighted by atomic mass is 32.1. The number of ether oxygens (including phenoxy) is 1. The standard InChI is InChI=1S/C11H15N3O2S/c1-16-5-4-14-11(15)8-13-7-10-3-2-9(6-12)17-10/h2-3,13H,4-5,7-8H2,1H3,(H,14,15). The molecule has 0 unspecified atom stereocenters. The highest BCUT2D eigenvalue weighted by Gasteiger charge is 2.02. The van der Waals surface area contributed by atoms with Crippen molar-refractivity contribution < 1.29 is 9.53 Å². The molecule has 1 heterocycles. The van der Waals surface area contributed by atoms with Crippen LogP contribution in [0, 0.1) is 11.3 Å². The van der Waals surface area contributed by atoms with E-state index in [-0.39, 0.29) is 12.5 Å². The third-order valence-corrected chi connectivity index (χ3v) is 2.97. The van der Waals surface area contributed by atoms with E-state index in [1.54, 1.807) is 13.2 Å². The Morgan fingerprint density at radius 2 is 2.41 bits per heavy atom. The van der Waals surface area contributed by atoms with Crippen LogP contribution in [0.3, 0.4) is 0 Å². The van der Waals surface area contributed by atoms with Crippen molar-refractivity contribution in [1.29, 1.82) is 5.26 Å². The summed E-state index contributed by atoms with van der Waals surface area (Å²) >= 11 is 1.43. The van der Waals surface area contributed by atoms with E-state index < -0.39 is 0 Å². The zero-order valence-electron chi connectivity index (χ0n) is 9.66. The van der Waals surface area contributed by atoms with E-state index in [2.05, 4.69) is 16.7 Å². The third kappa shape index (κ3) is 5.45. The van der Waals surface area contributed by atoms with Crippen LogP contribution < -0.4 is 10.6 Å². The minimum absolute atomic E-state index is 0.0564. The molecule has 0 aliphatic carbocycles. The van der Waals surface area contributed by atoms with Crippen LogP contribution in [-0.4, -0.2) is 32.7 Å². The third-order valence-electron chi connectivity index (χ3n) is 1.98. The minimum Gasteiger partial charge on any atom is -0.383 e. The fourth-order valence-corrected chi connectivity index (χ4v) is 1.96. The van der Waals surface area contributed by atoms with Gasteiger partial charge in [-0.25, -0.2) is 0 Å². The molecule has 0 saturated carbocycles. The van der Waals surface area contributed by atoms with Crippen LogP contribution in [0.25, 0.3) is 0 Å². The number of thiophene rings is 1. The summed E-state index contributed by atoms with van der Waals surface area (Å²) in [7, 11) is 1.59. The van der Waals surface area contributed by atoms with Crippen molar-refractivity contribution in [2.75, 3.05) is 26.8 Å². The molecule has 0 atom stereocenters. The topological polar surface area (TPSA) is 74.2 Å². The number of amides is 1. The van der Waals surface area contributed by atoms with Gasteiger partial charge in [-0.2, -0.15) is 5.26 Å². The summed E-state index contributed by atoms with van der Waals surface area (Å²) in [6.45, 7) is 1.91. The van der Waals surface area contributed by atoms with Crippen molar-refractivity contribution in [2.24, 2.45) is 0 Å². The molecule has 1 aromatic rings. The second-order valence-electron chi connectivity index (χ2n) is 3.32. The summed E-state index contributed by atoms with van der Waals surface area (Å²) in [5, 5.41) is 14.4. The lowest BCUT2D eigenvalue weighted by Crippen LogP contribution is -2.35. The van der Waals surface area contributed by atoms with Gasteiger partial charge in [0.1, 0.15) is 10.9 Å². The van der Waals surface area contributed by atoms with Crippen LogP contribution in [0.1, 0.15) is 9.75 Å². The number of nitrogens with one attached hydrogen (secondary N) is 2. The molecule has 5 nitrogen and oxygen atoms in total. The summed E-state index contributed by atoms with van der Waals surface area (Å²) in [5.41, 5.74) is 0. The van der Waals surface area contributed by atoms with E-state index >= 15 is 0 Å². The van der Waals surface area contributed by atoms with E-state index in [1.807, 2.05) is 6.07 Å². The number of hydrogen-bond acceptors (Lipinski definition) is 5. The van der Waals surface area contributed by atoms with Crippen LogP contribution in [-0.2, 0) is 16.1 Å². The maximum absolute atomic E-state index is 11.3. The van der Waals surface area contributed by atoms with Crippen LogP contribution in [0.15, 0.2) is 12.1 Å². The fourth-order valence-electron chi connectivity index (χ4n) is 1.19. The highest BCUT2D eigenvalue weighted by Crippen LogP contribution is 2.14. The maximum atomic E-state index is 11.3. The molecular formula is C11H15N3O2S. The predicted molar refractivity (Wildman–Crippen MR) is 65.6 cm³/mol. The highest BCUT2D eigenvalue weighted by molar-refractivity contribution is 7.12. The Bertz CT molecular complexity index is 398. The molecular weight excluding hydrogens is 238 g/mol. The van der Waals surface area contributed by atoms with Crippen molar-refractivity contribution in [1.82, 2.24) is 10.6 Å². The largest absolute Gasteiger partial charge is 0.383 e. The number of rotatable bonds is 7. The normalized spacial score (nSPS) is 9.88. The van der Waals surface area contributed by atoms with Gasteiger partial charge in [0.05, 0.1) is 13.2 Å². The molecule has 0 spiro atoms. The number of nitrogens with zero attached hydrogens (tertiary/aromatic N) is 1. The first-order valence-corrected chi connectivity index (χ1v) is 6.03. The molecule has 17 heavy (non-hydrogen) atoms. The predicted octanol–water partition coefficient (Wildman–Crippen LogP) is 0.472. The van der Waals surface area contributed by atoms with Crippen molar-refractivity contribution in [3.63, 3.8) is 0 Å². The van der Waals surface area contributed by atoms with Crippen LogP contribution >= 0.6 is 11.3 Å². The molecule has 1 amide bonds. The molecule has 0 aliphatic rings. The van der Waals surface area contributed by atoms with E-state index in [0.717, 1.165) is 4.88 Å². The van der Waals surface area contributed by atoms with Gasteiger partial charge in [0.15, 0.2) is 0 Å². The summed E-state index contributed by atoms with van der Waals surface area (Å²) in [6.07, 6.45) is 0. The van der Waals surface area contributed by atoms with Gasteiger partial charge in [-0.1, -0.05) is 0 Å². The molecule has 0 aromatic carbocycles. The summed E-state index contributed by atoms with van der Waals surface area (Å²) in [6, 6.07) is 5.74. The van der Waals surface area contributed by atoms with Crippen LogP contribution in [0.2, 0.25) is 0 Å². The Labute approximate surface area is 104 Å². The SMILES string of the molecule is COCCNC(=O)CNCc1ccc(C#N)s1. The van der Waals surface area contributed by atoms with Crippen molar-refractivity contribution in [3.05, 3.63) is 21.9 Å². The summed E-state index contributed by atoms with van der Waals surface area (Å²) in [5.74, 6) is -0.0564. The molecule has 0 saturated heterocycles. The first kappa shape index (κ1) is 13.6. The van der Waals surface area contributed by atoms with Crippen molar-refractivity contribution in [3.8, 4) is 6.07 Å². The maximum Gasteiger partial charge on any atom is 0.234 e. The van der Waals surface area contributed by atoms with Gasteiger partial charge in [-0.05, 0) is 12.1 Å². The lowest BCUT2D eigenvalue weighted by Gasteiger charge is -2.05. The van der Waals surface area contributed by atoms with Gasteiger partial charge in [0, 0.05) is 25.1 Å². The molecule has 0 aliphatic heterocycles. The van der Waals surface area contributed by atoms with Gasteiger partial charge in [-0.15, -0.1) is 11.3 Å². The van der Waals surface area contributed by atoms with Crippen molar-refractivity contribution >= 4 is 17.2 Å². The second kappa shape index (κ2) is 7.79. The Morgan fingerprint density at radius 3 is 3.06 bits per heavy atom. The first-order chi connectivity index (χ1) is 8.26. The average Bonchev–Trinajstić information content (AvgIpc) is 2.77. The molecule has 1 aromatic heterocycles. The van der Waals surface area contributed by atoms with Gasteiger partial charge >= 0.3 is 0 Å². The number of carbonyl (C=O) groups is 1. The Balaban J connectivity index is 2.15. The van der Waals surface area contributed by atoms with Gasteiger partial charge < -0.3 is 15.4 Å². The molecule has 0 radical (unpaired) electrons. The molecule has 6 heteroatoms. The average molecular weight is 253 g/mol. The molecule has 92 valence electrons. The monoisotopic (exact) mass is 253 g/mol. The smallest absolute Gasteiger partial charge is 0.234 e. The van der Waals surface area contributed by atoms with Gasteiger partial charge in [0.25, 0.3) is 0 Å². The number of hydrogen-bond donors (Lipinski definition) is 2. The first-order valence-electron chi connectivity index (χ1n) is 5.21. The lowest BCUT2D eigenvalue weighted by molar-refractivity contribution is -0.120. The molecule has 1 rings (SSSR count). The van der Waals surface area contributed by atoms with E-state index in [1.165, 1.54) is 11.3 Å². The minimum atomic E-state index is -0.0564. The number of nitriles is 1. The zero-order chi connectivity index (χ0) is 12.5. The zero-order valence-corrected chi connectivity index (χ0v) is 10.5. The van der Waals surface area contributed by atoms with E-state index in [9.17, 15) is 4.79 Å². The number of carbonyl (C=O) groups excluding carboxylic acids is 1. The van der Waals surface area contributed by atoms with Crippen LogP contribution in [0.5, 0.6) is 0 Å². The van der Waals surface area contributed by atoms with E-state index in [0.29, 0.717) is 24.6 Å². The summed E-state index contributed by atoms with van der Waals surface area (Å²) in [4.78, 5) is 13.0. The Morgan fingerprint density at radius 1 is 1.59 bits per heavy atom. The van der Waals surface area contributed by atoms with Gasteiger partial charge in [0.2, 0.25) is 5.91 Å². The van der Waals surface area contributed by atoms with E-state index in [4.69, 9.17) is 10.00 Å². The Kier molecular flexibility index (Phi) is 6.25. The molecule has 0 fully saturated rings. The molecule has 0 bridgehead atoms.